The van der Waals surface area contributed by atoms with Crippen molar-refractivity contribution >= 4 is 0 Å². The molecule has 0 saturated carbocycles. The fourth-order valence-corrected chi connectivity index (χ4v) is 3.45. The number of hydrogen-bond donors (Lipinski definition) is 1. The summed E-state index contributed by atoms with van der Waals surface area (Å²) in [7, 11) is 0. The molecular weight excluding hydrogens is 386 g/mol. The summed E-state index contributed by atoms with van der Waals surface area (Å²) in [5.74, 6) is 1.67. The van der Waals surface area contributed by atoms with Gasteiger partial charge in [-0.15, -0.1) is 0 Å². The molecule has 0 saturated heterocycles. The molecule has 0 aliphatic carbocycles. The maximum atomic E-state index is 6.06. The van der Waals surface area contributed by atoms with E-state index in [0.717, 1.165) is 60.2 Å². The standard InChI is InChI=1S/C26H35N3O2/c1-3-5-7-11-15-30-22-17-21(18-23(19-22)31-16-12-8-6-4-2)25-20-26(29-28-25)24-13-9-10-14-27-24/h9-10,13-14,17-20H,3-8,11-12,15-16H2,1-2H3,(H,28,29). The molecule has 0 bridgehead atoms. The number of nitrogens with zero attached hydrogens (tertiary/aromatic N) is 2. The van der Waals surface area contributed by atoms with E-state index in [9.17, 15) is 0 Å². The summed E-state index contributed by atoms with van der Waals surface area (Å²) >= 11 is 0. The van der Waals surface area contributed by atoms with Crippen LogP contribution < -0.4 is 9.47 Å². The summed E-state index contributed by atoms with van der Waals surface area (Å²) in [6.07, 6.45) is 11.3. The zero-order valence-corrected chi connectivity index (χ0v) is 18.9. The summed E-state index contributed by atoms with van der Waals surface area (Å²) in [5, 5.41) is 7.61. The van der Waals surface area contributed by atoms with Crippen LogP contribution in [0.2, 0.25) is 0 Å². The minimum absolute atomic E-state index is 0.721. The number of H-pyrrole nitrogens is 1. The fourth-order valence-electron chi connectivity index (χ4n) is 3.45. The van der Waals surface area contributed by atoms with Crippen molar-refractivity contribution in [2.75, 3.05) is 13.2 Å². The van der Waals surface area contributed by atoms with Crippen molar-refractivity contribution in [3.63, 3.8) is 0 Å². The van der Waals surface area contributed by atoms with Gasteiger partial charge in [0.2, 0.25) is 0 Å². The molecule has 0 aliphatic heterocycles. The Morgan fingerprint density at radius 2 is 1.42 bits per heavy atom. The molecule has 0 radical (unpaired) electrons. The molecule has 1 N–H and O–H groups in total. The molecular formula is C26H35N3O2. The quantitative estimate of drug-likeness (QED) is 0.283. The molecule has 31 heavy (non-hydrogen) atoms. The van der Waals surface area contributed by atoms with E-state index in [2.05, 4.69) is 29.0 Å². The van der Waals surface area contributed by atoms with Crippen molar-refractivity contribution in [3.05, 3.63) is 48.7 Å². The largest absolute Gasteiger partial charge is 0.493 e. The third-order valence-corrected chi connectivity index (χ3v) is 5.23. The van der Waals surface area contributed by atoms with Crippen LogP contribution in [0.4, 0.5) is 0 Å². The van der Waals surface area contributed by atoms with Gasteiger partial charge in [0.25, 0.3) is 0 Å². The van der Waals surface area contributed by atoms with Crippen LogP contribution in [0.15, 0.2) is 48.7 Å². The minimum atomic E-state index is 0.721. The van der Waals surface area contributed by atoms with Gasteiger partial charge < -0.3 is 9.47 Å². The Morgan fingerprint density at radius 1 is 0.742 bits per heavy atom. The highest BCUT2D eigenvalue weighted by Gasteiger charge is 2.11. The molecule has 2 aromatic heterocycles. The normalized spacial score (nSPS) is 10.9. The van der Waals surface area contributed by atoms with E-state index in [1.165, 1.54) is 38.5 Å². The SMILES string of the molecule is CCCCCCOc1cc(OCCCCCC)cc(-c2cc(-c3ccccn3)[nH]n2)c1. The Kier molecular flexibility index (Phi) is 9.42. The Hall–Kier alpha value is -2.82. The smallest absolute Gasteiger partial charge is 0.123 e. The van der Waals surface area contributed by atoms with E-state index in [1.807, 2.05) is 42.5 Å². The molecule has 5 heteroatoms. The van der Waals surface area contributed by atoms with Gasteiger partial charge in [0.15, 0.2) is 0 Å². The van der Waals surface area contributed by atoms with Crippen LogP contribution in [0.5, 0.6) is 11.5 Å². The average molecular weight is 422 g/mol. The van der Waals surface area contributed by atoms with E-state index >= 15 is 0 Å². The van der Waals surface area contributed by atoms with E-state index in [0.29, 0.717) is 0 Å². The topological polar surface area (TPSA) is 60.0 Å². The van der Waals surface area contributed by atoms with Crippen LogP contribution in [0, 0.1) is 0 Å². The Balaban J connectivity index is 1.73. The fraction of sp³-hybridized carbons (Fsp3) is 0.462. The second-order valence-corrected chi connectivity index (χ2v) is 7.89. The summed E-state index contributed by atoms with van der Waals surface area (Å²) in [5.41, 5.74) is 3.60. The summed E-state index contributed by atoms with van der Waals surface area (Å²) < 4.78 is 12.1. The number of unbranched alkanes of at least 4 members (excludes halogenated alkanes) is 6. The van der Waals surface area contributed by atoms with Crippen LogP contribution in [0.1, 0.15) is 65.2 Å². The van der Waals surface area contributed by atoms with Gasteiger partial charge in [-0.2, -0.15) is 5.10 Å². The van der Waals surface area contributed by atoms with Crippen molar-refractivity contribution in [1.82, 2.24) is 15.2 Å². The zero-order valence-electron chi connectivity index (χ0n) is 18.9. The second kappa shape index (κ2) is 12.8. The molecule has 3 rings (SSSR count). The molecule has 0 aliphatic rings. The lowest BCUT2D eigenvalue weighted by Crippen LogP contribution is -2.00. The lowest BCUT2D eigenvalue weighted by atomic mass is 10.1. The van der Waals surface area contributed by atoms with Gasteiger partial charge >= 0.3 is 0 Å². The number of ether oxygens (including phenoxy) is 2. The van der Waals surface area contributed by atoms with Gasteiger partial charge in [0.1, 0.15) is 11.5 Å². The monoisotopic (exact) mass is 421 g/mol. The molecule has 0 fully saturated rings. The summed E-state index contributed by atoms with van der Waals surface area (Å²) in [6, 6.07) is 14.0. The van der Waals surface area contributed by atoms with Gasteiger partial charge in [0.05, 0.1) is 30.3 Å². The van der Waals surface area contributed by atoms with Crippen LogP contribution in [0.25, 0.3) is 22.6 Å². The maximum absolute atomic E-state index is 6.06. The molecule has 0 spiro atoms. The van der Waals surface area contributed by atoms with E-state index < -0.39 is 0 Å². The van der Waals surface area contributed by atoms with Crippen molar-refractivity contribution in [1.29, 1.82) is 0 Å². The number of aromatic nitrogens is 3. The zero-order chi connectivity index (χ0) is 21.7. The van der Waals surface area contributed by atoms with Gasteiger partial charge in [-0.25, -0.2) is 0 Å². The van der Waals surface area contributed by atoms with Gasteiger partial charge in [-0.3, -0.25) is 10.1 Å². The Labute approximate surface area is 186 Å². The van der Waals surface area contributed by atoms with Crippen LogP contribution in [-0.2, 0) is 0 Å². The maximum Gasteiger partial charge on any atom is 0.123 e. The third-order valence-electron chi connectivity index (χ3n) is 5.23. The highest BCUT2D eigenvalue weighted by Crippen LogP contribution is 2.31. The van der Waals surface area contributed by atoms with Crippen molar-refractivity contribution in [3.8, 4) is 34.1 Å². The first kappa shape index (κ1) is 22.9. The molecule has 1 aromatic carbocycles. The van der Waals surface area contributed by atoms with Gasteiger partial charge in [-0.05, 0) is 43.2 Å². The first-order valence-corrected chi connectivity index (χ1v) is 11.7. The summed E-state index contributed by atoms with van der Waals surface area (Å²) in [6.45, 7) is 5.88. The first-order valence-electron chi connectivity index (χ1n) is 11.7. The number of aromatic amines is 1. The lowest BCUT2D eigenvalue weighted by Gasteiger charge is -2.12. The van der Waals surface area contributed by atoms with Crippen molar-refractivity contribution in [2.24, 2.45) is 0 Å². The number of pyridine rings is 1. The first-order chi connectivity index (χ1) is 15.3. The number of rotatable bonds is 14. The minimum Gasteiger partial charge on any atom is -0.493 e. The molecule has 2 heterocycles. The Morgan fingerprint density at radius 3 is 2.00 bits per heavy atom. The predicted molar refractivity (Wildman–Crippen MR) is 127 cm³/mol. The molecule has 166 valence electrons. The van der Waals surface area contributed by atoms with Gasteiger partial charge in [0, 0.05) is 17.8 Å². The highest BCUT2D eigenvalue weighted by molar-refractivity contribution is 5.68. The van der Waals surface area contributed by atoms with Gasteiger partial charge in [-0.1, -0.05) is 58.4 Å². The van der Waals surface area contributed by atoms with Crippen LogP contribution in [-0.4, -0.2) is 28.4 Å². The summed E-state index contributed by atoms with van der Waals surface area (Å²) in [4.78, 5) is 4.40. The van der Waals surface area contributed by atoms with Crippen LogP contribution >= 0.6 is 0 Å². The number of benzene rings is 1. The molecule has 0 amide bonds. The molecule has 0 atom stereocenters. The number of nitrogens with one attached hydrogen (secondary N) is 1. The van der Waals surface area contributed by atoms with E-state index in [-0.39, 0.29) is 0 Å². The number of hydrogen-bond acceptors (Lipinski definition) is 4. The third kappa shape index (κ3) is 7.42. The molecule has 5 nitrogen and oxygen atoms in total. The van der Waals surface area contributed by atoms with E-state index in [1.54, 1.807) is 6.20 Å². The molecule has 3 aromatic rings. The van der Waals surface area contributed by atoms with Crippen molar-refractivity contribution in [2.45, 2.75) is 65.2 Å². The average Bonchev–Trinajstić information content (AvgIpc) is 3.30. The van der Waals surface area contributed by atoms with E-state index in [4.69, 9.17) is 9.47 Å². The predicted octanol–water partition coefficient (Wildman–Crippen LogP) is 7.06. The molecule has 0 unspecified atom stereocenters. The van der Waals surface area contributed by atoms with Crippen molar-refractivity contribution < 1.29 is 9.47 Å². The lowest BCUT2D eigenvalue weighted by molar-refractivity contribution is 0.290. The van der Waals surface area contributed by atoms with Crippen LogP contribution in [0.3, 0.4) is 0 Å². The highest BCUT2D eigenvalue weighted by atomic mass is 16.5. The second-order valence-electron chi connectivity index (χ2n) is 7.89. The Bertz CT molecular complexity index is 860.